The highest BCUT2D eigenvalue weighted by Gasteiger charge is 2.56. The summed E-state index contributed by atoms with van der Waals surface area (Å²) in [6.07, 6.45) is 18.4. The highest BCUT2D eigenvalue weighted by atomic mass is 15.6. The van der Waals surface area contributed by atoms with Crippen LogP contribution < -0.4 is 26.6 Å². The smallest absolute Gasteiger partial charge is 0.236 e. The van der Waals surface area contributed by atoms with E-state index < -0.39 is 5.79 Å². The Morgan fingerprint density at radius 1 is 1.17 bits per heavy atom. The fraction of sp³-hybridized carbons (Fsp3) is 0.500. The first-order valence-corrected chi connectivity index (χ1v) is 11.1. The molecule has 0 aromatic rings. The molecule has 6 heterocycles. The standard InChI is InChI=1S/C22H30N8/c1-3-18(26-7-1)20-21(16-5-9-23-13-16)30(17-6-10-24-14-17)22(28-20,19-4-2-8-27-19)29-12-11-25-15-29/h1,4-5,7,9,14-16,18,23-24,26-28H,2-3,6,8,10-13H2. The van der Waals surface area contributed by atoms with E-state index in [0.717, 1.165) is 52.0 Å². The molecule has 0 radical (unpaired) electrons. The predicted octanol–water partition coefficient (Wildman–Crippen LogP) is 0.422. The molecule has 8 nitrogen and oxygen atoms in total. The summed E-state index contributed by atoms with van der Waals surface area (Å²) in [5.74, 6) is -0.181. The van der Waals surface area contributed by atoms with E-state index in [1.807, 2.05) is 6.34 Å². The third-order valence-electron chi connectivity index (χ3n) is 6.79. The van der Waals surface area contributed by atoms with Gasteiger partial charge in [0.1, 0.15) is 0 Å². The molecule has 0 aromatic heterocycles. The molecule has 0 amide bonds. The van der Waals surface area contributed by atoms with E-state index in [0.29, 0.717) is 5.92 Å². The Morgan fingerprint density at radius 3 is 2.83 bits per heavy atom. The molecule has 0 fully saturated rings. The van der Waals surface area contributed by atoms with Crippen molar-refractivity contribution in [3.05, 3.63) is 59.6 Å². The van der Waals surface area contributed by atoms with Crippen molar-refractivity contribution in [1.82, 2.24) is 36.4 Å². The van der Waals surface area contributed by atoms with Gasteiger partial charge in [0.2, 0.25) is 5.79 Å². The first kappa shape index (κ1) is 17.8. The number of hydrogen-bond acceptors (Lipinski definition) is 8. The largest absolute Gasteiger partial charge is 0.390 e. The number of nitrogens with one attached hydrogen (secondary N) is 5. The third kappa shape index (κ3) is 2.55. The van der Waals surface area contributed by atoms with Gasteiger partial charge in [-0.2, -0.15) is 0 Å². The average molecular weight is 407 g/mol. The minimum Gasteiger partial charge on any atom is -0.390 e. The topological polar surface area (TPSA) is 79.0 Å². The number of hydrogen-bond donors (Lipinski definition) is 5. The van der Waals surface area contributed by atoms with Crippen LogP contribution in [0.2, 0.25) is 0 Å². The van der Waals surface area contributed by atoms with E-state index in [1.54, 1.807) is 0 Å². The Bertz CT molecular complexity index is 889. The van der Waals surface area contributed by atoms with E-state index in [-0.39, 0.29) is 6.04 Å². The SMILES string of the molecule is C1=CNC(C2=C(C3C=CNC3)N(C3=CNCC3)C(C3=CCCN3)(N3C=NCC3)N2)C1. The van der Waals surface area contributed by atoms with Crippen LogP contribution in [0.3, 0.4) is 0 Å². The molecule has 0 aromatic carbocycles. The molecule has 6 aliphatic heterocycles. The number of aliphatic imine (C=N–C) groups is 1. The Balaban J connectivity index is 1.54. The first-order chi connectivity index (χ1) is 14.9. The van der Waals surface area contributed by atoms with Gasteiger partial charge in [0.25, 0.3) is 0 Å². The van der Waals surface area contributed by atoms with Crippen LogP contribution >= 0.6 is 0 Å². The molecule has 6 rings (SSSR count). The van der Waals surface area contributed by atoms with Crippen LogP contribution in [0.5, 0.6) is 0 Å². The first-order valence-electron chi connectivity index (χ1n) is 11.1. The molecule has 0 saturated heterocycles. The van der Waals surface area contributed by atoms with Crippen molar-refractivity contribution in [2.75, 3.05) is 32.7 Å². The Hall–Kier alpha value is -3.03. The molecule has 0 bridgehead atoms. The third-order valence-corrected chi connectivity index (χ3v) is 6.79. The minimum atomic E-state index is -0.500. The maximum atomic E-state index is 4.60. The second-order valence-electron chi connectivity index (χ2n) is 8.55. The molecule has 3 unspecified atom stereocenters. The van der Waals surface area contributed by atoms with Crippen LogP contribution in [0, 0.1) is 5.92 Å². The van der Waals surface area contributed by atoms with Gasteiger partial charge in [-0.1, -0.05) is 18.2 Å². The molecule has 30 heavy (non-hydrogen) atoms. The molecule has 0 spiro atoms. The molecule has 158 valence electrons. The summed E-state index contributed by atoms with van der Waals surface area (Å²) in [5, 5.41) is 18.2. The summed E-state index contributed by atoms with van der Waals surface area (Å²) in [6, 6.07) is 0.259. The summed E-state index contributed by atoms with van der Waals surface area (Å²) in [5.41, 5.74) is 5.22. The average Bonchev–Trinajstić information content (AvgIpc) is 3.62. The monoisotopic (exact) mass is 406 g/mol. The van der Waals surface area contributed by atoms with Crippen molar-refractivity contribution in [2.24, 2.45) is 10.9 Å². The molecular weight excluding hydrogens is 376 g/mol. The summed E-state index contributed by atoms with van der Waals surface area (Å²) in [4.78, 5) is 9.57. The van der Waals surface area contributed by atoms with Crippen LogP contribution in [0.1, 0.15) is 19.3 Å². The number of nitrogens with zero attached hydrogens (tertiary/aromatic N) is 3. The van der Waals surface area contributed by atoms with Crippen molar-refractivity contribution in [3.8, 4) is 0 Å². The van der Waals surface area contributed by atoms with Gasteiger partial charge in [-0.05, 0) is 25.2 Å². The molecule has 3 atom stereocenters. The fourth-order valence-corrected chi connectivity index (χ4v) is 5.46. The van der Waals surface area contributed by atoms with Crippen molar-refractivity contribution >= 4 is 6.34 Å². The van der Waals surface area contributed by atoms with Gasteiger partial charge in [-0.15, -0.1) is 0 Å². The molecule has 0 saturated carbocycles. The maximum absolute atomic E-state index is 4.60. The van der Waals surface area contributed by atoms with Crippen molar-refractivity contribution in [2.45, 2.75) is 31.1 Å². The maximum Gasteiger partial charge on any atom is 0.236 e. The minimum absolute atomic E-state index is 0.259. The quantitative estimate of drug-likeness (QED) is 0.453. The van der Waals surface area contributed by atoms with Gasteiger partial charge in [0.05, 0.1) is 36.0 Å². The summed E-state index contributed by atoms with van der Waals surface area (Å²) in [6.45, 7) is 4.62. The van der Waals surface area contributed by atoms with E-state index in [9.17, 15) is 0 Å². The lowest BCUT2D eigenvalue weighted by atomic mass is 9.99. The highest BCUT2D eigenvalue weighted by Crippen LogP contribution is 2.45. The highest BCUT2D eigenvalue weighted by molar-refractivity contribution is 5.61. The molecule has 5 N–H and O–H groups in total. The van der Waals surface area contributed by atoms with E-state index >= 15 is 0 Å². The number of rotatable bonds is 5. The van der Waals surface area contributed by atoms with Crippen LogP contribution in [0.25, 0.3) is 0 Å². The zero-order valence-corrected chi connectivity index (χ0v) is 17.2. The predicted molar refractivity (Wildman–Crippen MR) is 118 cm³/mol. The lowest BCUT2D eigenvalue weighted by Crippen LogP contribution is -2.66. The molecule has 6 aliphatic rings. The summed E-state index contributed by atoms with van der Waals surface area (Å²) < 4.78 is 0. The van der Waals surface area contributed by atoms with E-state index in [2.05, 4.69) is 78.2 Å². The zero-order chi connectivity index (χ0) is 20.0. The molecule has 8 heteroatoms. The van der Waals surface area contributed by atoms with Gasteiger partial charge in [0.15, 0.2) is 0 Å². The van der Waals surface area contributed by atoms with Crippen molar-refractivity contribution < 1.29 is 0 Å². The van der Waals surface area contributed by atoms with Crippen molar-refractivity contribution in [1.29, 1.82) is 0 Å². The van der Waals surface area contributed by atoms with Crippen LogP contribution in [-0.4, -0.2) is 60.7 Å². The van der Waals surface area contributed by atoms with Gasteiger partial charge in [-0.25, -0.2) is 0 Å². The summed E-state index contributed by atoms with van der Waals surface area (Å²) >= 11 is 0. The van der Waals surface area contributed by atoms with Gasteiger partial charge in [0, 0.05) is 50.4 Å². The Kier molecular flexibility index (Phi) is 4.17. The zero-order valence-electron chi connectivity index (χ0n) is 17.2. The lowest BCUT2D eigenvalue weighted by Gasteiger charge is -2.48. The van der Waals surface area contributed by atoms with Gasteiger partial charge >= 0.3 is 0 Å². The second-order valence-corrected chi connectivity index (χ2v) is 8.55. The van der Waals surface area contributed by atoms with E-state index in [1.165, 1.54) is 22.8 Å². The fourth-order valence-electron chi connectivity index (χ4n) is 5.46. The van der Waals surface area contributed by atoms with Gasteiger partial charge in [-0.3, -0.25) is 9.89 Å². The Labute approximate surface area is 177 Å². The normalized spacial score (nSPS) is 34.1. The van der Waals surface area contributed by atoms with Gasteiger partial charge < -0.3 is 31.5 Å². The molecular formula is C22H30N8. The van der Waals surface area contributed by atoms with E-state index in [4.69, 9.17) is 0 Å². The Morgan fingerprint density at radius 2 is 2.17 bits per heavy atom. The second kappa shape index (κ2) is 7.04. The van der Waals surface area contributed by atoms with Crippen molar-refractivity contribution in [3.63, 3.8) is 0 Å². The lowest BCUT2D eigenvalue weighted by molar-refractivity contribution is 0.0615. The van der Waals surface area contributed by atoms with Crippen LogP contribution in [-0.2, 0) is 0 Å². The molecule has 0 aliphatic carbocycles. The van der Waals surface area contributed by atoms with Crippen LogP contribution in [0.4, 0.5) is 0 Å². The summed E-state index contributed by atoms with van der Waals surface area (Å²) in [7, 11) is 0. The van der Waals surface area contributed by atoms with Crippen LogP contribution in [0.15, 0.2) is 64.6 Å².